The fourth-order valence-electron chi connectivity index (χ4n) is 3.66. The fourth-order valence-corrected chi connectivity index (χ4v) is 3.66. The maximum absolute atomic E-state index is 12.4. The zero-order chi connectivity index (χ0) is 19.0. The molecule has 1 saturated carbocycles. The lowest BCUT2D eigenvalue weighted by Crippen LogP contribution is -2.55. The van der Waals surface area contributed by atoms with E-state index in [-0.39, 0.29) is 17.9 Å². The molecule has 146 valence electrons. The smallest absolute Gasteiger partial charge is 0.235 e. The molecule has 0 radical (unpaired) electrons. The summed E-state index contributed by atoms with van der Waals surface area (Å²) in [5.41, 5.74) is -0.661. The summed E-state index contributed by atoms with van der Waals surface area (Å²) in [6.45, 7) is 7.91. The maximum Gasteiger partial charge on any atom is 0.235 e. The van der Waals surface area contributed by atoms with Crippen molar-refractivity contribution in [2.24, 2.45) is 0 Å². The SMILES string of the molecule is CCC(C)NC(=O)CN1CCN(CC(=O)NC2(C#N)CCCCC2)CC1. The normalized spacial score (nSPS) is 22.2. The maximum atomic E-state index is 12.4. The van der Waals surface area contributed by atoms with Crippen LogP contribution in [0.2, 0.25) is 0 Å². The predicted molar refractivity (Wildman–Crippen MR) is 100 cm³/mol. The third kappa shape index (κ3) is 6.26. The fraction of sp³-hybridized carbons (Fsp3) is 0.842. The molecule has 7 heteroatoms. The lowest BCUT2D eigenvalue weighted by atomic mass is 9.83. The number of nitrogens with one attached hydrogen (secondary N) is 2. The molecule has 1 aliphatic heterocycles. The summed E-state index contributed by atoms with van der Waals surface area (Å²) in [6, 6.07) is 2.54. The van der Waals surface area contributed by atoms with Crippen LogP contribution in [-0.4, -0.2) is 72.5 Å². The molecule has 1 atom stereocenters. The molecule has 26 heavy (non-hydrogen) atoms. The van der Waals surface area contributed by atoms with Crippen LogP contribution in [0.3, 0.4) is 0 Å². The van der Waals surface area contributed by atoms with Crippen LogP contribution in [-0.2, 0) is 9.59 Å². The molecule has 1 saturated heterocycles. The molecule has 0 aromatic rings. The highest BCUT2D eigenvalue weighted by Crippen LogP contribution is 2.27. The van der Waals surface area contributed by atoms with Crippen molar-refractivity contribution < 1.29 is 9.59 Å². The number of carbonyl (C=O) groups excluding carboxylic acids is 2. The van der Waals surface area contributed by atoms with Gasteiger partial charge in [-0.1, -0.05) is 26.2 Å². The van der Waals surface area contributed by atoms with Crippen LogP contribution in [0.15, 0.2) is 0 Å². The van der Waals surface area contributed by atoms with Crippen molar-refractivity contribution in [2.45, 2.75) is 64.0 Å². The Labute approximate surface area is 157 Å². The van der Waals surface area contributed by atoms with Crippen molar-refractivity contribution in [3.8, 4) is 6.07 Å². The lowest BCUT2D eigenvalue weighted by Gasteiger charge is -2.36. The van der Waals surface area contributed by atoms with E-state index in [4.69, 9.17) is 0 Å². The van der Waals surface area contributed by atoms with Gasteiger partial charge < -0.3 is 10.6 Å². The van der Waals surface area contributed by atoms with Crippen LogP contribution in [0.5, 0.6) is 0 Å². The van der Waals surface area contributed by atoms with Crippen LogP contribution in [0, 0.1) is 11.3 Å². The topological polar surface area (TPSA) is 88.5 Å². The van der Waals surface area contributed by atoms with Crippen LogP contribution >= 0.6 is 0 Å². The van der Waals surface area contributed by atoms with Gasteiger partial charge in [0.1, 0.15) is 5.54 Å². The van der Waals surface area contributed by atoms with Gasteiger partial charge in [-0.05, 0) is 26.2 Å². The van der Waals surface area contributed by atoms with E-state index in [1.807, 2.05) is 6.92 Å². The van der Waals surface area contributed by atoms with Crippen LogP contribution in [0.4, 0.5) is 0 Å². The number of rotatable bonds is 7. The minimum Gasteiger partial charge on any atom is -0.353 e. The molecule has 2 rings (SSSR count). The lowest BCUT2D eigenvalue weighted by molar-refractivity contribution is -0.126. The van der Waals surface area contributed by atoms with E-state index in [2.05, 4.69) is 33.4 Å². The molecule has 0 bridgehead atoms. The van der Waals surface area contributed by atoms with E-state index < -0.39 is 5.54 Å². The first-order valence-corrected chi connectivity index (χ1v) is 9.92. The number of piperazine rings is 1. The van der Waals surface area contributed by atoms with Gasteiger partial charge in [0, 0.05) is 32.2 Å². The second kappa shape index (κ2) is 9.89. The molecule has 7 nitrogen and oxygen atoms in total. The average Bonchev–Trinajstić information content (AvgIpc) is 2.63. The van der Waals surface area contributed by atoms with Gasteiger partial charge in [-0.2, -0.15) is 5.26 Å². The van der Waals surface area contributed by atoms with Gasteiger partial charge in [0.05, 0.1) is 19.2 Å². The van der Waals surface area contributed by atoms with Gasteiger partial charge in [-0.3, -0.25) is 19.4 Å². The van der Waals surface area contributed by atoms with Gasteiger partial charge in [0.25, 0.3) is 0 Å². The molecule has 1 aliphatic carbocycles. The number of hydrogen-bond donors (Lipinski definition) is 2. The number of carbonyl (C=O) groups is 2. The molecule has 2 N–H and O–H groups in total. The summed E-state index contributed by atoms with van der Waals surface area (Å²) in [7, 11) is 0. The zero-order valence-electron chi connectivity index (χ0n) is 16.2. The molecule has 2 aliphatic rings. The van der Waals surface area contributed by atoms with Crippen LogP contribution in [0.1, 0.15) is 52.4 Å². The first-order chi connectivity index (χ1) is 12.5. The average molecular weight is 364 g/mol. The summed E-state index contributed by atoms with van der Waals surface area (Å²) in [4.78, 5) is 28.6. The van der Waals surface area contributed by atoms with Crippen molar-refractivity contribution in [1.82, 2.24) is 20.4 Å². The van der Waals surface area contributed by atoms with E-state index in [9.17, 15) is 14.9 Å². The molecule has 2 fully saturated rings. The van der Waals surface area contributed by atoms with Gasteiger partial charge >= 0.3 is 0 Å². The molecule has 1 unspecified atom stereocenters. The minimum atomic E-state index is -0.661. The molecular weight excluding hydrogens is 330 g/mol. The summed E-state index contributed by atoms with van der Waals surface area (Å²) in [6.07, 6.45) is 5.60. The van der Waals surface area contributed by atoms with Crippen molar-refractivity contribution in [3.05, 3.63) is 0 Å². The van der Waals surface area contributed by atoms with Crippen LogP contribution < -0.4 is 10.6 Å². The van der Waals surface area contributed by atoms with Crippen LogP contribution in [0.25, 0.3) is 0 Å². The highest BCUT2D eigenvalue weighted by molar-refractivity contribution is 5.79. The van der Waals surface area contributed by atoms with E-state index in [0.29, 0.717) is 13.1 Å². The third-order valence-corrected chi connectivity index (χ3v) is 5.52. The number of nitriles is 1. The Bertz CT molecular complexity index is 517. The van der Waals surface area contributed by atoms with Gasteiger partial charge in [-0.15, -0.1) is 0 Å². The third-order valence-electron chi connectivity index (χ3n) is 5.52. The van der Waals surface area contributed by atoms with Gasteiger partial charge in [0.15, 0.2) is 0 Å². The number of amides is 2. The van der Waals surface area contributed by atoms with E-state index >= 15 is 0 Å². The monoisotopic (exact) mass is 363 g/mol. The van der Waals surface area contributed by atoms with Crippen molar-refractivity contribution in [1.29, 1.82) is 5.26 Å². The Morgan fingerprint density at radius 3 is 2.08 bits per heavy atom. The Morgan fingerprint density at radius 2 is 1.58 bits per heavy atom. The largest absolute Gasteiger partial charge is 0.353 e. The summed E-state index contributed by atoms with van der Waals surface area (Å²) >= 11 is 0. The predicted octanol–water partition coefficient (Wildman–Crippen LogP) is 0.861. The summed E-state index contributed by atoms with van der Waals surface area (Å²) < 4.78 is 0. The van der Waals surface area contributed by atoms with Crippen molar-refractivity contribution in [2.75, 3.05) is 39.3 Å². The minimum absolute atomic E-state index is 0.0589. The highest BCUT2D eigenvalue weighted by Gasteiger charge is 2.34. The van der Waals surface area contributed by atoms with Gasteiger partial charge in [-0.25, -0.2) is 0 Å². The Balaban J connectivity index is 1.70. The molecule has 0 spiro atoms. The summed E-state index contributed by atoms with van der Waals surface area (Å²) in [5.74, 6) is 0.00946. The Kier molecular flexibility index (Phi) is 7.85. The summed E-state index contributed by atoms with van der Waals surface area (Å²) in [5, 5.41) is 15.4. The quantitative estimate of drug-likeness (QED) is 0.700. The van der Waals surface area contributed by atoms with E-state index in [0.717, 1.165) is 64.7 Å². The second-order valence-electron chi connectivity index (χ2n) is 7.73. The second-order valence-corrected chi connectivity index (χ2v) is 7.73. The zero-order valence-corrected chi connectivity index (χ0v) is 16.2. The first-order valence-electron chi connectivity index (χ1n) is 9.92. The van der Waals surface area contributed by atoms with E-state index in [1.165, 1.54) is 0 Å². The number of hydrogen-bond acceptors (Lipinski definition) is 5. The molecule has 2 amide bonds. The van der Waals surface area contributed by atoms with Crippen molar-refractivity contribution in [3.63, 3.8) is 0 Å². The number of nitrogens with zero attached hydrogens (tertiary/aromatic N) is 3. The Hall–Kier alpha value is -1.65. The highest BCUT2D eigenvalue weighted by atomic mass is 16.2. The molecule has 1 heterocycles. The van der Waals surface area contributed by atoms with Crippen molar-refractivity contribution >= 4 is 11.8 Å². The molecule has 0 aromatic heterocycles. The van der Waals surface area contributed by atoms with Gasteiger partial charge in [0.2, 0.25) is 11.8 Å². The standard InChI is InChI=1S/C19H33N5O2/c1-3-16(2)21-17(25)13-23-9-11-24(12-10-23)14-18(26)22-19(15-20)7-5-4-6-8-19/h16H,3-14H2,1-2H3,(H,21,25)(H,22,26). The van der Waals surface area contributed by atoms with E-state index in [1.54, 1.807) is 0 Å². The Morgan fingerprint density at radius 1 is 1.04 bits per heavy atom. The molecular formula is C19H33N5O2. The first kappa shape index (κ1) is 20.7. The molecule has 0 aromatic carbocycles.